The van der Waals surface area contributed by atoms with E-state index in [2.05, 4.69) is 30.5 Å². The van der Waals surface area contributed by atoms with Crippen LogP contribution in [0.25, 0.3) is 0 Å². The number of hydrogen-bond acceptors (Lipinski definition) is 6. The summed E-state index contributed by atoms with van der Waals surface area (Å²) in [6.07, 6.45) is 43.7. The molecular weight excluding hydrogens is 675 g/mol. The van der Waals surface area contributed by atoms with Crippen molar-refractivity contribution in [1.29, 1.82) is 0 Å². The third-order valence-corrected chi connectivity index (χ3v) is 10.3. The van der Waals surface area contributed by atoms with Gasteiger partial charge in [0.2, 0.25) is 0 Å². The van der Waals surface area contributed by atoms with Crippen molar-refractivity contribution in [2.75, 3.05) is 13.2 Å². The van der Waals surface area contributed by atoms with Crippen molar-refractivity contribution in [3.63, 3.8) is 0 Å². The first kappa shape index (κ1) is 50.8. The molecule has 0 bridgehead atoms. The normalized spacial score (nSPS) is 12.5. The molecule has 308 valence electrons. The van der Waals surface area contributed by atoms with Gasteiger partial charge in [0.25, 0.3) is 0 Å². The molecule has 2 N–H and O–H groups in total. The molecule has 0 aromatic heterocycles. The van der Waals surface area contributed by atoms with E-state index < -0.39 is 32.5 Å². The van der Waals surface area contributed by atoms with Gasteiger partial charge in [0.05, 0.1) is 6.61 Å². The van der Waals surface area contributed by atoms with Gasteiger partial charge in [0.1, 0.15) is 6.61 Å². The molecule has 0 rings (SSSR count). The molecule has 0 saturated carbocycles. The highest BCUT2D eigenvalue weighted by Gasteiger charge is 2.22. The highest BCUT2D eigenvalue weighted by Crippen LogP contribution is 2.36. The van der Waals surface area contributed by atoms with E-state index in [1.54, 1.807) is 0 Å². The Morgan fingerprint density at radius 3 is 1.19 bits per heavy atom. The van der Waals surface area contributed by atoms with Gasteiger partial charge in [-0.25, -0.2) is 4.57 Å². The highest BCUT2D eigenvalue weighted by atomic mass is 31.2. The number of hydrogen-bond donors (Lipinski definition) is 2. The Labute approximate surface area is 320 Å². The van der Waals surface area contributed by atoms with E-state index in [0.717, 1.165) is 51.4 Å². The molecule has 0 aromatic rings. The van der Waals surface area contributed by atoms with Crippen molar-refractivity contribution >= 4 is 19.8 Å². The number of allylic oxidation sites excluding steroid dienone is 2. The zero-order valence-electron chi connectivity index (χ0n) is 34.0. The number of carbonyl (C=O) groups is 2. The second-order valence-electron chi connectivity index (χ2n) is 15.0. The molecule has 9 heteroatoms. The van der Waals surface area contributed by atoms with Crippen LogP contribution in [0.5, 0.6) is 0 Å². The average molecular weight is 759 g/mol. The lowest BCUT2D eigenvalue weighted by atomic mass is 10.0. The largest absolute Gasteiger partial charge is 0.469 e. The summed E-state index contributed by atoms with van der Waals surface area (Å²) in [5.74, 6) is -0.882. The van der Waals surface area contributed by atoms with Crippen LogP contribution in [0.1, 0.15) is 232 Å². The second-order valence-corrected chi connectivity index (χ2v) is 16.3. The number of carbonyl (C=O) groups excluding carboxylic acids is 2. The number of phosphoric acid groups is 1. The Morgan fingerprint density at radius 1 is 0.481 bits per heavy atom. The topological polar surface area (TPSA) is 119 Å². The summed E-state index contributed by atoms with van der Waals surface area (Å²) in [6, 6.07) is 0. The van der Waals surface area contributed by atoms with Gasteiger partial charge in [-0.1, -0.05) is 193 Å². The SMILES string of the molecule is CCCCCC/C=C/CCCCCCCC(=O)OC[C@H](COP(=O)(O)O)OC(=O)CCCCCCCCCCCCCCCCCCCCCCC. The van der Waals surface area contributed by atoms with Crippen molar-refractivity contribution in [3.8, 4) is 0 Å². The van der Waals surface area contributed by atoms with Gasteiger partial charge < -0.3 is 19.3 Å². The van der Waals surface area contributed by atoms with E-state index in [1.807, 2.05) is 0 Å². The van der Waals surface area contributed by atoms with Crippen molar-refractivity contribution in [2.45, 2.75) is 238 Å². The number of esters is 2. The van der Waals surface area contributed by atoms with Gasteiger partial charge in [-0.2, -0.15) is 0 Å². The molecular formula is C43H83O8P. The van der Waals surface area contributed by atoms with E-state index in [0.29, 0.717) is 6.42 Å². The van der Waals surface area contributed by atoms with Crippen LogP contribution in [0.3, 0.4) is 0 Å². The van der Waals surface area contributed by atoms with Crippen LogP contribution in [0.4, 0.5) is 0 Å². The first-order valence-electron chi connectivity index (χ1n) is 22.0. The van der Waals surface area contributed by atoms with Crippen molar-refractivity contribution < 1.29 is 37.9 Å². The monoisotopic (exact) mass is 759 g/mol. The molecule has 0 amide bonds. The lowest BCUT2D eigenvalue weighted by Gasteiger charge is -2.18. The molecule has 0 saturated heterocycles. The van der Waals surface area contributed by atoms with Crippen molar-refractivity contribution in [2.24, 2.45) is 0 Å². The molecule has 0 spiro atoms. The number of rotatable bonds is 41. The summed E-state index contributed by atoms with van der Waals surface area (Å²) >= 11 is 0. The lowest BCUT2D eigenvalue weighted by Crippen LogP contribution is -2.29. The summed E-state index contributed by atoms with van der Waals surface area (Å²) in [6.45, 7) is 3.69. The fourth-order valence-corrected chi connectivity index (χ4v) is 6.85. The van der Waals surface area contributed by atoms with Crippen LogP contribution >= 0.6 is 7.82 Å². The van der Waals surface area contributed by atoms with E-state index in [1.165, 1.54) is 148 Å². The first-order valence-corrected chi connectivity index (χ1v) is 23.5. The van der Waals surface area contributed by atoms with E-state index in [4.69, 9.17) is 19.3 Å². The molecule has 52 heavy (non-hydrogen) atoms. The average Bonchev–Trinajstić information content (AvgIpc) is 3.11. The Hall–Kier alpha value is -1.21. The molecule has 0 aliphatic carbocycles. The number of ether oxygens (including phenoxy) is 2. The highest BCUT2D eigenvalue weighted by molar-refractivity contribution is 7.46. The molecule has 0 aromatic carbocycles. The maximum Gasteiger partial charge on any atom is 0.469 e. The zero-order chi connectivity index (χ0) is 38.2. The third-order valence-electron chi connectivity index (χ3n) is 9.78. The lowest BCUT2D eigenvalue weighted by molar-refractivity contribution is -0.161. The quantitative estimate of drug-likeness (QED) is 0.0274. The minimum atomic E-state index is -4.75. The van der Waals surface area contributed by atoms with E-state index in [-0.39, 0.29) is 19.4 Å². The minimum Gasteiger partial charge on any atom is -0.462 e. The number of phosphoric ester groups is 1. The van der Waals surface area contributed by atoms with Crippen LogP contribution in [-0.2, 0) is 28.2 Å². The molecule has 0 aliphatic rings. The van der Waals surface area contributed by atoms with Crippen molar-refractivity contribution in [1.82, 2.24) is 0 Å². The Bertz CT molecular complexity index is 858. The van der Waals surface area contributed by atoms with Gasteiger partial charge in [-0.3, -0.25) is 14.1 Å². The molecule has 0 aliphatic heterocycles. The Kier molecular flexibility index (Phi) is 38.6. The smallest absolute Gasteiger partial charge is 0.462 e. The van der Waals surface area contributed by atoms with Gasteiger partial charge in [-0.05, 0) is 38.5 Å². The van der Waals surface area contributed by atoms with Gasteiger partial charge >= 0.3 is 19.8 Å². The molecule has 1 atom stereocenters. The summed E-state index contributed by atoms with van der Waals surface area (Å²) in [4.78, 5) is 42.8. The van der Waals surface area contributed by atoms with Crippen LogP contribution in [0.2, 0.25) is 0 Å². The minimum absolute atomic E-state index is 0.216. The van der Waals surface area contributed by atoms with Crippen LogP contribution in [-0.4, -0.2) is 41.0 Å². The predicted octanol–water partition coefficient (Wildman–Crippen LogP) is 13.4. The fourth-order valence-electron chi connectivity index (χ4n) is 6.49. The maximum absolute atomic E-state index is 12.4. The molecule has 0 heterocycles. The molecule has 0 fully saturated rings. The number of unbranched alkanes of at least 4 members (excludes halogenated alkanes) is 29. The van der Waals surface area contributed by atoms with Gasteiger partial charge in [0.15, 0.2) is 6.10 Å². The molecule has 0 radical (unpaired) electrons. The van der Waals surface area contributed by atoms with Crippen LogP contribution < -0.4 is 0 Å². The van der Waals surface area contributed by atoms with E-state index in [9.17, 15) is 14.2 Å². The fraction of sp³-hybridized carbons (Fsp3) is 0.907. The standard InChI is InChI=1S/C43H83O8P/c1-3-5-7-9-11-13-15-17-18-19-20-21-22-23-24-26-28-30-32-34-36-38-43(45)51-41(40-50-52(46,47)48)39-49-42(44)37-35-33-31-29-27-25-16-14-12-10-8-6-4-2/h14,16,41H,3-13,15,17-40H2,1-2H3,(H2,46,47,48)/b16-14+/t41-/m1/s1. The summed E-state index contributed by atoms with van der Waals surface area (Å²) in [5, 5.41) is 0. The van der Waals surface area contributed by atoms with Crippen LogP contribution in [0.15, 0.2) is 12.2 Å². The summed E-state index contributed by atoms with van der Waals surface area (Å²) < 4.78 is 26.4. The van der Waals surface area contributed by atoms with Gasteiger partial charge in [-0.15, -0.1) is 0 Å². The predicted molar refractivity (Wildman–Crippen MR) is 216 cm³/mol. The van der Waals surface area contributed by atoms with Crippen LogP contribution in [0, 0.1) is 0 Å². The summed E-state index contributed by atoms with van der Waals surface area (Å²) in [7, 11) is -4.75. The van der Waals surface area contributed by atoms with E-state index >= 15 is 0 Å². The zero-order valence-corrected chi connectivity index (χ0v) is 34.9. The third kappa shape index (κ3) is 41.5. The Morgan fingerprint density at radius 2 is 0.808 bits per heavy atom. The van der Waals surface area contributed by atoms with Crippen molar-refractivity contribution in [3.05, 3.63) is 12.2 Å². The second kappa shape index (κ2) is 39.5. The summed E-state index contributed by atoms with van der Waals surface area (Å²) in [5.41, 5.74) is 0. The molecule has 8 nitrogen and oxygen atoms in total. The van der Waals surface area contributed by atoms with Gasteiger partial charge in [0, 0.05) is 12.8 Å². The Balaban J connectivity index is 3.83. The first-order chi connectivity index (χ1) is 25.3. The molecule has 0 unspecified atom stereocenters. The maximum atomic E-state index is 12.4.